The zero-order chi connectivity index (χ0) is 11.5. The average molecular weight is 254 g/mol. The van der Waals surface area contributed by atoms with Crippen molar-refractivity contribution in [3.8, 4) is 0 Å². The van der Waals surface area contributed by atoms with Gasteiger partial charge in [0, 0.05) is 22.0 Å². The van der Waals surface area contributed by atoms with E-state index in [9.17, 15) is 0 Å². The highest BCUT2D eigenvalue weighted by atomic mass is 35.5. The highest BCUT2D eigenvalue weighted by Gasteiger charge is 2.06. The summed E-state index contributed by atoms with van der Waals surface area (Å²) in [5.41, 5.74) is 2.21. The number of alkyl halides is 1. The summed E-state index contributed by atoms with van der Waals surface area (Å²) >= 11 is 12.1. The summed E-state index contributed by atoms with van der Waals surface area (Å²) in [5, 5.41) is 1.96. The van der Waals surface area contributed by atoms with Crippen LogP contribution in [0.25, 0.3) is 10.9 Å². The molecule has 0 N–H and O–H groups in total. The van der Waals surface area contributed by atoms with Gasteiger partial charge in [-0.3, -0.25) is 4.98 Å². The summed E-state index contributed by atoms with van der Waals surface area (Å²) in [6.07, 6.45) is 3.69. The Hall–Kier alpha value is -0.790. The van der Waals surface area contributed by atoms with Crippen LogP contribution in [0.4, 0.5) is 0 Å². The molecule has 1 heterocycles. The van der Waals surface area contributed by atoms with Gasteiger partial charge in [0.15, 0.2) is 0 Å². The molecule has 0 fully saturated rings. The van der Waals surface area contributed by atoms with Gasteiger partial charge >= 0.3 is 0 Å². The molecule has 3 heteroatoms. The molecular formula is C13H13Cl2N. The van der Waals surface area contributed by atoms with Crippen LogP contribution < -0.4 is 0 Å². The molecule has 0 spiro atoms. The average Bonchev–Trinajstić information content (AvgIpc) is 2.28. The number of halogens is 2. The standard InChI is InChI=1S/C13H13Cl2N/c1-9(14)4-5-10-6-7-12(15)11-3-2-8-16-13(10)11/h2-3,6-9H,4-5H2,1H3. The Morgan fingerprint density at radius 1 is 1.31 bits per heavy atom. The van der Waals surface area contributed by atoms with E-state index >= 15 is 0 Å². The monoisotopic (exact) mass is 253 g/mol. The van der Waals surface area contributed by atoms with Gasteiger partial charge in [-0.05, 0) is 43.5 Å². The maximum Gasteiger partial charge on any atom is 0.0748 e. The molecule has 16 heavy (non-hydrogen) atoms. The van der Waals surface area contributed by atoms with E-state index in [1.54, 1.807) is 6.20 Å². The molecule has 2 rings (SSSR count). The Morgan fingerprint density at radius 3 is 2.88 bits per heavy atom. The minimum atomic E-state index is 0.189. The minimum absolute atomic E-state index is 0.189. The summed E-state index contributed by atoms with van der Waals surface area (Å²) in [7, 11) is 0. The van der Waals surface area contributed by atoms with Crippen LogP contribution in [-0.4, -0.2) is 10.4 Å². The van der Waals surface area contributed by atoms with Crippen LogP contribution in [0.3, 0.4) is 0 Å². The fourth-order valence-corrected chi connectivity index (χ4v) is 2.08. The van der Waals surface area contributed by atoms with E-state index in [0.29, 0.717) is 0 Å². The van der Waals surface area contributed by atoms with Crippen molar-refractivity contribution in [2.75, 3.05) is 0 Å². The highest BCUT2D eigenvalue weighted by Crippen LogP contribution is 2.25. The van der Waals surface area contributed by atoms with Gasteiger partial charge in [0.05, 0.1) is 5.52 Å². The van der Waals surface area contributed by atoms with Crippen molar-refractivity contribution in [1.82, 2.24) is 4.98 Å². The van der Waals surface area contributed by atoms with Crippen LogP contribution in [0, 0.1) is 0 Å². The summed E-state index contributed by atoms with van der Waals surface area (Å²) in [6.45, 7) is 2.01. The van der Waals surface area contributed by atoms with Gasteiger partial charge in [0.2, 0.25) is 0 Å². The lowest BCUT2D eigenvalue weighted by Gasteiger charge is -2.07. The molecule has 0 aliphatic rings. The predicted molar refractivity (Wildman–Crippen MR) is 70.4 cm³/mol. The van der Waals surface area contributed by atoms with Crippen LogP contribution in [0.15, 0.2) is 30.5 Å². The molecule has 0 bridgehead atoms. The summed E-state index contributed by atoms with van der Waals surface area (Å²) in [6, 6.07) is 7.87. The first-order valence-corrected chi connectivity index (χ1v) is 6.16. The number of aryl methyl sites for hydroxylation is 1. The fourth-order valence-electron chi connectivity index (χ4n) is 1.75. The second-order valence-electron chi connectivity index (χ2n) is 3.93. The summed E-state index contributed by atoms with van der Waals surface area (Å²) < 4.78 is 0. The van der Waals surface area contributed by atoms with Gasteiger partial charge in [-0.1, -0.05) is 17.7 Å². The molecule has 0 radical (unpaired) electrons. The zero-order valence-electron chi connectivity index (χ0n) is 9.08. The van der Waals surface area contributed by atoms with E-state index in [2.05, 4.69) is 4.98 Å². The fraction of sp³-hybridized carbons (Fsp3) is 0.308. The number of benzene rings is 1. The van der Waals surface area contributed by atoms with Gasteiger partial charge < -0.3 is 0 Å². The summed E-state index contributed by atoms with van der Waals surface area (Å²) in [5.74, 6) is 0. The van der Waals surface area contributed by atoms with Crippen molar-refractivity contribution in [2.45, 2.75) is 25.1 Å². The normalized spacial score (nSPS) is 12.9. The van der Waals surface area contributed by atoms with Crippen molar-refractivity contribution in [3.63, 3.8) is 0 Å². The SMILES string of the molecule is CC(Cl)CCc1ccc(Cl)c2cccnc12. The van der Waals surface area contributed by atoms with E-state index in [-0.39, 0.29) is 5.38 Å². The second kappa shape index (κ2) is 5.03. The van der Waals surface area contributed by atoms with Crippen LogP contribution in [0.1, 0.15) is 18.9 Å². The third-order valence-electron chi connectivity index (χ3n) is 2.61. The van der Waals surface area contributed by atoms with Crippen molar-refractivity contribution in [3.05, 3.63) is 41.0 Å². The molecule has 0 aliphatic heterocycles. The topological polar surface area (TPSA) is 12.9 Å². The maximum absolute atomic E-state index is 6.13. The minimum Gasteiger partial charge on any atom is -0.256 e. The van der Waals surface area contributed by atoms with Crippen molar-refractivity contribution in [1.29, 1.82) is 0 Å². The van der Waals surface area contributed by atoms with E-state index in [1.807, 2.05) is 31.2 Å². The van der Waals surface area contributed by atoms with Gasteiger partial charge in [0.1, 0.15) is 0 Å². The van der Waals surface area contributed by atoms with Gasteiger partial charge in [-0.25, -0.2) is 0 Å². The molecule has 2 aromatic rings. The molecule has 0 saturated heterocycles. The van der Waals surface area contributed by atoms with E-state index < -0.39 is 0 Å². The molecule has 1 aromatic heterocycles. The molecule has 1 nitrogen and oxygen atoms in total. The Bertz CT molecular complexity index is 494. The number of pyridine rings is 1. The van der Waals surface area contributed by atoms with Crippen LogP contribution in [-0.2, 0) is 6.42 Å². The molecule has 1 atom stereocenters. The predicted octanol–water partition coefficient (Wildman–Crippen LogP) is 4.45. The number of aromatic nitrogens is 1. The lowest BCUT2D eigenvalue weighted by atomic mass is 10.0. The molecule has 1 unspecified atom stereocenters. The number of fused-ring (bicyclic) bond motifs is 1. The van der Waals surface area contributed by atoms with Crippen molar-refractivity contribution >= 4 is 34.1 Å². The second-order valence-corrected chi connectivity index (χ2v) is 5.08. The summed E-state index contributed by atoms with van der Waals surface area (Å²) in [4.78, 5) is 4.39. The maximum atomic E-state index is 6.13. The van der Waals surface area contributed by atoms with Crippen LogP contribution in [0.5, 0.6) is 0 Å². The van der Waals surface area contributed by atoms with Crippen molar-refractivity contribution in [2.24, 2.45) is 0 Å². The Labute approximate surface area is 105 Å². The van der Waals surface area contributed by atoms with Crippen LogP contribution in [0.2, 0.25) is 5.02 Å². The molecule has 0 amide bonds. The van der Waals surface area contributed by atoms with Gasteiger partial charge in [-0.2, -0.15) is 0 Å². The molecular weight excluding hydrogens is 241 g/mol. The number of hydrogen-bond acceptors (Lipinski definition) is 1. The molecule has 1 aromatic carbocycles. The Kier molecular flexibility index (Phi) is 3.67. The number of nitrogens with zero attached hydrogens (tertiary/aromatic N) is 1. The number of rotatable bonds is 3. The number of hydrogen-bond donors (Lipinski definition) is 0. The van der Waals surface area contributed by atoms with Crippen LogP contribution >= 0.6 is 23.2 Å². The largest absolute Gasteiger partial charge is 0.256 e. The third-order valence-corrected chi connectivity index (χ3v) is 3.16. The van der Waals surface area contributed by atoms with E-state index in [4.69, 9.17) is 23.2 Å². The van der Waals surface area contributed by atoms with Gasteiger partial charge in [-0.15, -0.1) is 11.6 Å². The quantitative estimate of drug-likeness (QED) is 0.737. The van der Waals surface area contributed by atoms with E-state index in [1.165, 1.54) is 5.56 Å². The Balaban J connectivity index is 2.42. The first kappa shape index (κ1) is 11.7. The molecule has 84 valence electrons. The van der Waals surface area contributed by atoms with Gasteiger partial charge in [0.25, 0.3) is 0 Å². The third kappa shape index (κ3) is 2.47. The molecule has 0 aliphatic carbocycles. The lowest BCUT2D eigenvalue weighted by molar-refractivity contribution is 0.806. The molecule has 0 saturated carbocycles. The first-order chi connectivity index (χ1) is 7.68. The smallest absolute Gasteiger partial charge is 0.0748 e. The Morgan fingerprint density at radius 2 is 2.12 bits per heavy atom. The lowest BCUT2D eigenvalue weighted by Crippen LogP contribution is -1.96. The zero-order valence-corrected chi connectivity index (χ0v) is 10.6. The highest BCUT2D eigenvalue weighted by molar-refractivity contribution is 6.35. The van der Waals surface area contributed by atoms with Crippen molar-refractivity contribution < 1.29 is 0 Å². The van der Waals surface area contributed by atoms with E-state index in [0.717, 1.165) is 28.8 Å². The first-order valence-electron chi connectivity index (χ1n) is 5.34.